The van der Waals surface area contributed by atoms with Crippen LogP contribution >= 0.6 is 22.7 Å². The molecule has 0 saturated carbocycles. The second-order valence-corrected chi connectivity index (χ2v) is 10.7. The lowest BCUT2D eigenvalue weighted by molar-refractivity contribution is -0.139. The fraction of sp³-hybridized carbons (Fsp3) is 0.121. The van der Waals surface area contributed by atoms with Crippen LogP contribution in [0.15, 0.2) is 106 Å². The number of thiophene rings is 2. The number of allylic oxidation sites excluding steroid dienone is 1. The Bertz CT molecular complexity index is 1430. The van der Waals surface area contributed by atoms with Crippen LogP contribution in [0.1, 0.15) is 28.7 Å². The van der Waals surface area contributed by atoms with Crippen molar-refractivity contribution in [2.45, 2.75) is 19.8 Å². The van der Waals surface area contributed by atoms with Crippen LogP contribution in [0.2, 0.25) is 0 Å². The lowest BCUT2D eigenvalue weighted by Gasteiger charge is -2.12. The first kappa shape index (κ1) is 25.7. The molecule has 0 amide bonds. The summed E-state index contributed by atoms with van der Waals surface area (Å²) in [5, 5.41) is 17.4. The summed E-state index contributed by atoms with van der Waals surface area (Å²) in [7, 11) is 0. The summed E-state index contributed by atoms with van der Waals surface area (Å²) in [6, 6.07) is 27.9. The second kappa shape index (κ2) is 12.1. The van der Waals surface area contributed by atoms with Gasteiger partial charge in [-0.05, 0) is 110 Å². The van der Waals surface area contributed by atoms with Crippen molar-refractivity contribution in [2.75, 3.05) is 6.61 Å². The maximum Gasteiger partial charge on any atom is 0.341 e. The molecule has 3 nitrogen and oxygen atoms in total. The van der Waals surface area contributed by atoms with Crippen molar-refractivity contribution in [2.24, 2.45) is 0 Å². The molecular formula is C33H28O3S2. The minimum Gasteiger partial charge on any atom is -0.482 e. The molecule has 0 aliphatic carbocycles. The second-order valence-electron chi connectivity index (χ2n) is 9.12. The largest absolute Gasteiger partial charge is 0.482 e. The number of carbonyl (C=O) groups is 1. The molecule has 2 heterocycles. The number of benzene rings is 3. The quantitative estimate of drug-likeness (QED) is 0.194. The highest BCUT2D eigenvalue weighted by molar-refractivity contribution is 7.08. The molecule has 0 aliphatic heterocycles. The molecule has 0 radical (unpaired) electrons. The van der Waals surface area contributed by atoms with Gasteiger partial charge in [-0.25, -0.2) is 4.79 Å². The Morgan fingerprint density at radius 2 is 1.37 bits per heavy atom. The van der Waals surface area contributed by atoms with Crippen molar-refractivity contribution in [1.82, 2.24) is 0 Å². The minimum absolute atomic E-state index is 0.331. The molecule has 0 atom stereocenters. The first-order valence-corrected chi connectivity index (χ1v) is 14.4. The van der Waals surface area contributed by atoms with Crippen LogP contribution in [0.25, 0.3) is 27.8 Å². The average molecular weight is 537 g/mol. The first-order valence-electron chi connectivity index (χ1n) is 12.5. The van der Waals surface area contributed by atoms with E-state index in [9.17, 15) is 4.79 Å². The monoisotopic (exact) mass is 536 g/mol. The topological polar surface area (TPSA) is 46.5 Å². The lowest BCUT2D eigenvalue weighted by Crippen LogP contribution is -2.10. The minimum atomic E-state index is -0.974. The van der Waals surface area contributed by atoms with Crippen molar-refractivity contribution in [3.05, 3.63) is 129 Å². The van der Waals surface area contributed by atoms with E-state index >= 15 is 0 Å². The molecule has 0 bridgehead atoms. The average Bonchev–Trinajstić information content (AvgIpc) is 3.66. The predicted molar refractivity (Wildman–Crippen MR) is 159 cm³/mol. The Labute approximate surface area is 231 Å². The molecule has 5 rings (SSSR count). The summed E-state index contributed by atoms with van der Waals surface area (Å²) in [6.45, 7) is 1.62. The summed E-state index contributed by atoms with van der Waals surface area (Å²) in [4.78, 5) is 10.8. The first-order chi connectivity index (χ1) is 18.6. The van der Waals surface area contributed by atoms with Crippen molar-refractivity contribution in [3.8, 4) is 28.0 Å². The van der Waals surface area contributed by atoms with E-state index in [2.05, 4.69) is 94.3 Å². The highest BCUT2D eigenvalue weighted by Crippen LogP contribution is 2.31. The number of aryl methyl sites for hydroxylation is 2. The Morgan fingerprint density at radius 3 is 1.84 bits per heavy atom. The van der Waals surface area contributed by atoms with Crippen molar-refractivity contribution < 1.29 is 14.6 Å². The van der Waals surface area contributed by atoms with E-state index in [1.807, 2.05) is 19.1 Å². The Morgan fingerprint density at radius 1 is 0.789 bits per heavy atom. The Balaban J connectivity index is 1.38. The van der Waals surface area contributed by atoms with Crippen LogP contribution < -0.4 is 4.74 Å². The third-order valence-corrected chi connectivity index (χ3v) is 7.84. The summed E-state index contributed by atoms with van der Waals surface area (Å²) < 4.78 is 5.37. The van der Waals surface area contributed by atoms with Crippen LogP contribution in [-0.2, 0) is 11.2 Å². The Hall–Kier alpha value is -3.93. The summed E-state index contributed by atoms with van der Waals surface area (Å²) >= 11 is 3.42. The molecule has 5 aromatic rings. The molecule has 2 aromatic heterocycles. The molecule has 190 valence electrons. The van der Waals surface area contributed by atoms with E-state index in [-0.39, 0.29) is 6.61 Å². The lowest BCUT2D eigenvalue weighted by atomic mass is 9.93. The molecule has 3 aromatic carbocycles. The van der Waals surface area contributed by atoms with Gasteiger partial charge in [-0.15, -0.1) is 0 Å². The standard InChI is InChI=1S/C33H28O3S2/c1-23-19-24(5-14-32(23)36-20-33(34)35)3-2-4-31(27-10-6-25(7-11-27)29-15-17-37-21-29)28-12-8-26(9-13-28)30-16-18-38-22-30/h4-19,21-22H,2-3,20H2,1H3,(H,34,35). The van der Waals surface area contributed by atoms with Crippen LogP contribution in [0.3, 0.4) is 0 Å². The van der Waals surface area contributed by atoms with Gasteiger partial charge in [-0.1, -0.05) is 66.7 Å². The normalized spacial score (nSPS) is 10.8. The maximum atomic E-state index is 10.8. The van der Waals surface area contributed by atoms with Gasteiger partial charge >= 0.3 is 5.97 Å². The van der Waals surface area contributed by atoms with E-state index in [0.29, 0.717) is 5.75 Å². The number of ether oxygens (including phenoxy) is 1. The van der Waals surface area contributed by atoms with E-state index in [4.69, 9.17) is 9.84 Å². The third kappa shape index (κ3) is 6.31. The van der Waals surface area contributed by atoms with Gasteiger partial charge in [0, 0.05) is 0 Å². The van der Waals surface area contributed by atoms with Gasteiger partial charge in [0.25, 0.3) is 0 Å². The zero-order valence-corrected chi connectivity index (χ0v) is 22.7. The molecule has 0 unspecified atom stereocenters. The van der Waals surface area contributed by atoms with Gasteiger partial charge in [-0.3, -0.25) is 0 Å². The molecule has 5 heteroatoms. The van der Waals surface area contributed by atoms with Gasteiger partial charge in [-0.2, -0.15) is 22.7 Å². The van der Waals surface area contributed by atoms with E-state index in [0.717, 1.165) is 18.4 Å². The molecule has 0 spiro atoms. The van der Waals surface area contributed by atoms with Crippen molar-refractivity contribution >= 4 is 34.2 Å². The smallest absolute Gasteiger partial charge is 0.341 e. The number of hydrogen-bond acceptors (Lipinski definition) is 4. The third-order valence-electron chi connectivity index (χ3n) is 6.47. The zero-order valence-electron chi connectivity index (χ0n) is 21.1. The van der Waals surface area contributed by atoms with Gasteiger partial charge in [0.05, 0.1) is 0 Å². The van der Waals surface area contributed by atoms with Crippen molar-refractivity contribution in [1.29, 1.82) is 0 Å². The molecule has 1 N–H and O–H groups in total. The zero-order chi connectivity index (χ0) is 26.3. The SMILES string of the molecule is Cc1cc(CCC=C(c2ccc(-c3ccsc3)cc2)c2ccc(-c3ccsc3)cc2)ccc1OCC(=O)O. The number of carboxylic acids is 1. The van der Waals surface area contributed by atoms with Gasteiger partial charge in [0.2, 0.25) is 0 Å². The molecule has 0 saturated heterocycles. The fourth-order valence-corrected chi connectivity index (χ4v) is 5.83. The number of hydrogen-bond donors (Lipinski definition) is 1. The summed E-state index contributed by atoms with van der Waals surface area (Å²) in [6.07, 6.45) is 4.08. The number of aliphatic carboxylic acids is 1. The van der Waals surface area contributed by atoms with Crippen LogP contribution in [0.5, 0.6) is 5.75 Å². The summed E-state index contributed by atoms with van der Waals surface area (Å²) in [5.41, 5.74) is 10.7. The van der Waals surface area contributed by atoms with Gasteiger partial charge in [0.15, 0.2) is 6.61 Å². The van der Waals surface area contributed by atoms with Crippen LogP contribution in [-0.4, -0.2) is 17.7 Å². The predicted octanol–water partition coefficient (Wildman–Crippen LogP) is 8.98. The van der Waals surface area contributed by atoms with Crippen LogP contribution in [0.4, 0.5) is 0 Å². The molecule has 0 fully saturated rings. The highest BCUT2D eigenvalue weighted by atomic mass is 32.1. The van der Waals surface area contributed by atoms with Gasteiger partial charge in [0.1, 0.15) is 5.75 Å². The molecule has 0 aliphatic rings. The number of carboxylic acid groups (broad SMARTS) is 1. The van der Waals surface area contributed by atoms with E-state index < -0.39 is 5.97 Å². The van der Waals surface area contributed by atoms with Crippen LogP contribution in [0, 0.1) is 6.92 Å². The van der Waals surface area contributed by atoms with E-state index in [1.54, 1.807) is 22.7 Å². The number of rotatable bonds is 10. The summed E-state index contributed by atoms with van der Waals surface area (Å²) in [5.74, 6) is -0.360. The molecule has 38 heavy (non-hydrogen) atoms. The van der Waals surface area contributed by atoms with E-state index in [1.165, 1.54) is 44.5 Å². The molecular weight excluding hydrogens is 508 g/mol. The van der Waals surface area contributed by atoms with Crippen molar-refractivity contribution in [3.63, 3.8) is 0 Å². The fourth-order valence-electron chi connectivity index (χ4n) is 4.50. The Kier molecular flexibility index (Phi) is 8.17. The maximum absolute atomic E-state index is 10.8. The highest BCUT2D eigenvalue weighted by Gasteiger charge is 2.09. The van der Waals surface area contributed by atoms with Gasteiger partial charge < -0.3 is 9.84 Å².